The van der Waals surface area contributed by atoms with Gasteiger partial charge in [0, 0.05) is 57.4 Å². The number of hydrogen-bond acceptors (Lipinski definition) is 6. The van der Waals surface area contributed by atoms with Crippen molar-refractivity contribution < 1.29 is 13.3 Å². The van der Waals surface area contributed by atoms with Crippen LogP contribution in [0.25, 0.3) is 0 Å². The standard InChI is InChI=1S/C14H20N4O4S.ClH/c19-18(20)12-2-1-3-14(10-12)23(21,22)17-7-4-13(11-17)16-8-5-15-6-9-16;/h1-3,10,13,15H,4-9,11H2;1H. The van der Waals surface area contributed by atoms with Gasteiger partial charge in [0.25, 0.3) is 5.69 Å². The summed E-state index contributed by atoms with van der Waals surface area (Å²) in [6.45, 7) is 4.61. The first-order valence-electron chi connectivity index (χ1n) is 7.68. The summed E-state index contributed by atoms with van der Waals surface area (Å²) in [6.07, 6.45) is 0.800. The number of nitrogens with zero attached hydrogens (tertiary/aromatic N) is 3. The minimum absolute atomic E-state index is 0. The van der Waals surface area contributed by atoms with Crippen LogP contribution in [0.3, 0.4) is 0 Å². The van der Waals surface area contributed by atoms with Crippen LogP contribution in [-0.2, 0) is 10.0 Å². The van der Waals surface area contributed by atoms with Gasteiger partial charge < -0.3 is 5.32 Å². The van der Waals surface area contributed by atoms with Gasteiger partial charge in [0.05, 0.1) is 9.82 Å². The molecule has 0 bridgehead atoms. The highest BCUT2D eigenvalue weighted by molar-refractivity contribution is 7.89. The van der Waals surface area contributed by atoms with E-state index in [1.165, 1.54) is 22.5 Å². The molecular weight excluding hydrogens is 356 g/mol. The number of hydrogen-bond donors (Lipinski definition) is 1. The highest BCUT2D eigenvalue weighted by Crippen LogP contribution is 2.26. The number of benzene rings is 1. The van der Waals surface area contributed by atoms with Crippen molar-refractivity contribution in [1.82, 2.24) is 14.5 Å². The second-order valence-electron chi connectivity index (χ2n) is 5.85. The summed E-state index contributed by atoms with van der Waals surface area (Å²) in [5.41, 5.74) is -0.205. The third-order valence-electron chi connectivity index (χ3n) is 4.46. The van der Waals surface area contributed by atoms with E-state index in [4.69, 9.17) is 0 Å². The minimum atomic E-state index is -3.68. The van der Waals surface area contributed by atoms with Gasteiger partial charge in [-0.3, -0.25) is 15.0 Å². The van der Waals surface area contributed by atoms with Gasteiger partial charge in [0.2, 0.25) is 10.0 Å². The van der Waals surface area contributed by atoms with E-state index in [-0.39, 0.29) is 29.0 Å². The second kappa shape index (κ2) is 7.75. The molecular formula is C14H21ClN4O4S. The van der Waals surface area contributed by atoms with E-state index in [0.29, 0.717) is 13.1 Å². The molecule has 0 aliphatic carbocycles. The first-order chi connectivity index (χ1) is 11.0. The molecule has 0 spiro atoms. The predicted octanol–water partition coefficient (Wildman–Crippen LogP) is 0.685. The topological polar surface area (TPSA) is 95.8 Å². The van der Waals surface area contributed by atoms with E-state index in [1.54, 1.807) is 0 Å². The Morgan fingerprint density at radius 3 is 2.58 bits per heavy atom. The van der Waals surface area contributed by atoms with Crippen molar-refractivity contribution in [2.75, 3.05) is 39.3 Å². The maximum Gasteiger partial charge on any atom is 0.270 e. The summed E-state index contributed by atoms with van der Waals surface area (Å²) in [7, 11) is -3.68. The van der Waals surface area contributed by atoms with Gasteiger partial charge in [-0.05, 0) is 12.5 Å². The Bertz CT molecular complexity index is 694. The SMILES string of the molecule is Cl.O=[N+]([O-])c1cccc(S(=O)(=O)N2CCC(N3CCNCC3)C2)c1. The van der Waals surface area contributed by atoms with Crippen molar-refractivity contribution in [3.05, 3.63) is 34.4 Å². The first kappa shape index (κ1) is 19.1. The average molecular weight is 377 g/mol. The van der Waals surface area contributed by atoms with Crippen LogP contribution in [0.5, 0.6) is 0 Å². The Morgan fingerprint density at radius 2 is 1.92 bits per heavy atom. The fourth-order valence-electron chi connectivity index (χ4n) is 3.18. The van der Waals surface area contributed by atoms with Gasteiger partial charge in [0.15, 0.2) is 0 Å². The lowest BCUT2D eigenvalue weighted by molar-refractivity contribution is -0.385. The zero-order valence-electron chi connectivity index (χ0n) is 13.1. The number of nitro benzene ring substituents is 1. The fourth-order valence-corrected chi connectivity index (χ4v) is 4.71. The van der Waals surface area contributed by atoms with Crippen molar-refractivity contribution in [2.45, 2.75) is 17.4 Å². The molecule has 2 aliphatic rings. The number of nitrogens with one attached hydrogen (secondary N) is 1. The summed E-state index contributed by atoms with van der Waals surface area (Å²) in [5, 5.41) is 14.1. The van der Waals surface area contributed by atoms with E-state index in [2.05, 4.69) is 10.2 Å². The molecule has 1 aromatic rings. The quantitative estimate of drug-likeness (QED) is 0.613. The molecule has 2 aliphatic heterocycles. The maximum absolute atomic E-state index is 12.7. The normalized spacial score (nSPS) is 22.9. The Hall–Kier alpha value is -1.26. The molecule has 1 atom stereocenters. The van der Waals surface area contributed by atoms with Gasteiger partial charge in [0.1, 0.15) is 0 Å². The molecule has 0 saturated carbocycles. The molecule has 2 fully saturated rings. The summed E-state index contributed by atoms with van der Waals surface area (Å²) in [4.78, 5) is 12.6. The number of sulfonamides is 1. The molecule has 8 nitrogen and oxygen atoms in total. The number of halogens is 1. The first-order valence-corrected chi connectivity index (χ1v) is 9.12. The Balaban J connectivity index is 0.00000208. The lowest BCUT2D eigenvalue weighted by Gasteiger charge is -2.32. The molecule has 1 aromatic carbocycles. The molecule has 0 radical (unpaired) electrons. The largest absolute Gasteiger partial charge is 0.314 e. The van der Waals surface area contributed by atoms with Crippen molar-refractivity contribution in [3.63, 3.8) is 0 Å². The van der Waals surface area contributed by atoms with E-state index in [1.807, 2.05) is 0 Å². The summed E-state index contributed by atoms with van der Waals surface area (Å²) in [6, 6.07) is 5.49. The van der Waals surface area contributed by atoms with E-state index in [0.717, 1.165) is 38.7 Å². The predicted molar refractivity (Wildman–Crippen MR) is 92.0 cm³/mol. The highest BCUT2D eigenvalue weighted by atomic mass is 35.5. The zero-order valence-corrected chi connectivity index (χ0v) is 14.8. The van der Waals surface area contributed by atoms with Crippen LogP contribution < -0.4 is 5.32 Å². The third kappa shape index (κ3) is 3.86. The van der Waals surface area contributed by atoms with Crippen LogP contribution >= 0.6 is 12.4 Å². The summed E-state index contributed by atoms with van der Waals surface area (Å²) < 4.78 is 26.9. The Morgan fingerprint density at radius 1 is 1.21 bits per heavy atom. The van der Waals surface area contributed by atoms with Gasteiger partial charge in [-0.2, -0.15) is 4.31 Å². The van der Waals surface area contributed by atoms with E-state index >= 15 is 0 Å². The molecule has 2 heterocycles. The van der Waals surface area contributed by atoms with E-state index in [9.17, 15) is 18.5 Å². The zero-order chi connectivity index (χ0) is 16.4. The summed E-state index contributed by atoms with van der Waals surface area (Å²) in [5.74, 6) is 0. The van der Waals surface area contributed by atoms with Gasteiger partial charge in [-0.15, -0.1) is 12.4 Å². The van der Waals surface area contributed by atoms with Crippen LogP contribution in [0.15, 0.2) is 29.2 Å². The smallest absolute Gasteiger partial charge is 0.270 e. The van der Waals surface area contributed by atoms with Crippen LogP contribution in [0.1, 0.15) is 6.42 Å². The molecule has 1 unspecified atom stereocenters. The number of non-ortho nitro benzene ring substituents is 1. The number of nitro groups is 1. The molecule has 134 valence electrons. The fraction of sp³-hybridized carbons (Fsp3) is 0.571. The third-order valence-corrected chi connectivity index (χ3v) is 6.32. The summed E-state index contributed by atoms with van der Waals surface area (Å²) >= 11 is 0. The van der Waals surface area contributed by atoms with Crippen molar-refractivity contribution in [3.8, 4) is 0 Å². The number of rotatable bonds is 4. The van der Waals surface area contributed by atoms with Crippen LogP contribution in [0.4, 0.5) is 5.69 Å². The lowest BCUT2D eigenvalue weighted by atomic mass is 10.2. The molecule has 1 N–H and O–H groups in total. The maximum atomic E-state index is 12.7. The second-order valence-corrected chi connectivity index (χ2v) is 7.78. The van der Waals surface area contributed by atoms with Crippen LogP contribution in [0, 0.1) is 10.1 Å². The molecule has 3 rings (SSSR count). The Labute approximate surface area is 147 Å². The van der Waals surface area contributed by atoms with Gasteiger partial charge in [-0.25, -0.2) is 8.42 Å². The van der Waals surface area contributed by atoms with E-state index < -0.39 is 14.9 Å². The van der Waals surface area contributed by atoms with Gasteiger partial charge in [-0.1, -0.05) is 6.07 Å². The lowest BCUT2D eigenvalue weighted by Crippen LogP contribution is -2.49. The molecule has 0 amide bonds. The van der Waals surface area contributed by atoms with Crippen LogP contribution in [-0.4, -0.2) is 67.9 Å². The van der Waals surface area contributed by atoms with Crippen molar-refractivity contribution in [1.29, 1.82) is 0 Å². The highest BCUT2D eigenvalue weighted by Gasteiger charge is 2.35. The minimum Gasteiger partial charge on any atom is -0.314 e. The Kier molecular flexibility index (Phi) is 6.16. The van der Waals surface area contributed by atoms with Crippen LogP contribution in [0.2, 0.25) is 0 Å². The van der Waals surface area contributed by atoms with Crippen molar-refractivity contribution >= 4 is 28.1 Å². The molecule has 2 saturated heterocycles. The molecule has 10 heteroatoms. The average Bonchev–Trinajstić information content (AvgIpc) is 3.06. The monoisotopic (exact) mass is 376 g/mol. The van der Waals surface area contributed by atoms with Gasteiger partial charge >= 0.3 is 0 Å². The molecule has 24 heavy (non-hydrogen) atoms. The molecule has 0 aromatic heterocycles. The van der Waals surface area contributed by atoms with Crippen molar-refractivity contribution in [2.24, 2.45) is 0 Å². The number of piperazine rings is 1.